The number of thioether (sulfide) groups is 1. The smallest absolute Gasteiger partial charge is 0.293 e. The molecular weight excluding hydrogens is 471 g/mol. The van der Waals surface area contributed by atoms with Crippen molar-refractivity contribution in [1.82, 2.24) is 4.90 Å². The Morgan fingerprint density at radius 2 is 1.86 bits per heavy atom. The van der Waals surface area contributed by atoms with E-state index in [2.05, 4.69) is 5.32 Å². The van der Waals surface area contributed by atoms with E-state index in [1.54, 1.807) is 24.3 Å². The monoisotopic (exact) mass is 498 g/mol. The van der Waals surface area contributed by atoms with Crippen LogP contribution in [0, 0.1) is 11.7 Å². The maximum absolute atomic E-state index is 13.0. The SMILES string of the molecule is COc1cc(/C=C2/SC(=O)N(CC3CCCCC3)C2=O)ccc1OCC(=O)Nc1ccc(F)cc1. The van der Waals surface area contributed by atoms with E-state index in [0.29, 0.717) is 40.1 Å². The highest BCUT2D eigenvalue weighted by Gasteiger charge is 2.36. The Hall–Kier alpha value is -3.33. The normalized spacial score (nSPS) is 17.7. The number of nitrogens with one attached hydrogen (secondary N) is 1. The van der Waals surface area contributed by atoms with Gasteiger partial charge in [-0.1, -0.05) is 25.3 Å². The Labute approximate surface area is 207 Å². The predicted octanol–water partition coefficient (Wildman–Crippen LogP) is 5.47. The van der Waals surface area contributed by atoms with Gasteiger partial charge in [-0.2, -0.15) is 0 Å². The van der Waals surface area contributed by atoms with E-state index < -0.39 is 11.7 Å². The first kappa shape index (κ1) is 24.8. The fraction of sp³-hybridized carbons (Fsp3) is 0.346. The first-order valence-electron chi connectivity index (χ1n) is 11.5. The molecule has 35 heavy (non-hydrogen) atoms. The third kappa shape index (κ3) is 6.42. The van der Waals surface area contributed by atoms with Crippen molar-refractivity contribution < 1.29 is 28.2 Å². The number of methoxy groups -OCH3 is 1. The van der Waals surface area contributed by atoms with Crippen LogP contribution in [0.15, 0.2) is 47.4 Å². The van der Waals surface area contributed by atoms with Crippen LogP contribution in [-0.2, 0) is 9.59 Å². The van der Waals surface area contributed by atoms with Gasteiger partial charge in [0, 0.05) is 12.2 Å². The molecule has 3 amide bonds. The summed E-state index contributed by atoms with van der Waals surface area (Å²) in [7, 11) is 1.47. The quantitative estimate of drug-likeness (QED) is 0.486. The van der Waals surface area contributed by atoms with Crippen molar-refractivity contribution in [2.24, 2.45) is 5.92 Å². The van der Waals surface area contributed by atoms with E-state index in [4.69, 9.17) is 9.47 Å². The number of anilines is 1. The minimum Gasteiger partial charge on any atom is -0.493 e. The van der Waals surface area contributed by atoms with E-state index >= 15 is 0 Å². The highest BCUT2D eigenvalue weighted by molar-refractivity contribution is 8.18. The summed E-state index contributed by atoms with van der Waals surface area (Å²) in [6, 6.07) is 10.5. The molecule has 2 fully saturated rings. The third-order valence-corrected chi connectivity index (χ3v) is 6.92. The van der Waals surface area contributed by atoms with Crippen molar-refractivity contribution in [3.8, 4) is 11.5 Å². The molecule has 0 bridgehead atoms. The van der Waals surface area contributed by atoms with Gasteiger partial charge in [0.2, 0.25) is 0 Å². The summed E-state index contributed by atoms with van der Waals surface area (Å²) < 4.78 is 24.0. The Morgan fingerprint density at radius 3 is 2.57 bits per heavy atom. The molecule has 9 heteroatoms. The molecule has 1 saturated heterocycles. The van der Waals surface area contributed by atoms with Gasteiger partial charge in [0.1, 0.15) is 5.82 Å². The highest BCUT2D eigenvalue weighted by Crippen LogP contribution is 2.36. The fourth-order valence-electron chi connectivity index (χ4n) is 4.20. The van der Waals surface area contributed by atoms with Crippen LogP contribution >= 0.6 is 11.8 Å². The van der Waals surface area contributed by atoms with Gasteiger partial charge < -0.3 is 14.8 Å². The lowest BCUT2D eigenvalue weighted by Gasteiger charge is -2.25. The second-order valence-electron chi connectivity index (χ2n) is 8.55. The number of nitrogens with zero attached hydrogens (tertiary/aromatic N) is 1. The van der Waals surface area contributed by atoms with Gasteiger partial charge in [-0.15, -0.1) is 0 Å². The number of rotatable bonds is 8. The average molecular weight is 499 g/mol. The summed E-state index contributed by atoms with van der Waals surface area (Å²) >= 11 is 0.949. The van der Waals surface area contributed by atoms with Gasteiger partial charge in [0.05, 0.1) is 12.0 Å². The van der Waals surface area contributed by atoms with Crippen molar-refractivity contribution in [1.29, 1.82) is 0 Å². The Morgan fingerprint density at radius 1 is 1.11 bits per heavy atom. The van der Waals surface area contributed by atoms with Gasteiger partial charge in [-0.25, -0.2) is 4.39 Å². The molecule has 0 aromatic heterocycles. The van der Waals surface area contributed by atoms with Crippen LogP contribution in [0.1, 0.15) is 37.7 Å². The number of amides is 3. The molecule has 2 aliphatic rings. The second kappa shape index (κ2) is 11.4. The van der Waals surface area contributed by atoms with Crippen molar-refractivity contribution in [3.05, 3.63) is 58.8 Å². The summed E-state index contributed by atoms with van der Waals surface area (Å²) in [4.78, 5) is 39.2. The van der Waals surface area contributed by atoms with Crippen molar-refractivity contribution >= 4 is 40.6 Å². The van der Waals surface area contributed by atoms with Gasteiger partial charge in [0.15, 0.2) is 18.1 Å². The molecule has 7 nitrogen and oxygen atoms in total. The molecule has 2 aromatic rings. The van der Waals surface area contributed by atoms with Crippen LogP contribution in [0.2, 0.25) is 0 Å². The van der Waals surface area contributed by atoms with Crippen LogP contribution in [0.3, 0.4) is 0 Å². The van der Waals surface area contributed by atoms with Crippen LogP contribution in [-0.4, -0.2) is 42.2 Å². The number of hydrogen-bond donors (Lipinski definition) is 1. The highest BCUT2D eigenvalue weighted by atomic mass is 32.2. The number of carbonyl (C=O) groups is 3. The molecule has 1 aliphatic heterocycles. The van der Waals surface area contributed by atoms with Crippen molar-refractivity contribution in [2.75, 3.05) is 25.6 Å². The zero-order chi connectivity index (χ0) is 24.8. The molecule has 1 aliphatic carbocycles. The Bertz CT molecular complexity index is 1130. The number of benzene rings is 2. The van der Waals surface area contributed by atoms with Gasteiger partial charge in [-0.05, 0) is 78.6 Å². The minimum atomic E-state index is -0.408. The van der Waals surface area contributed by atoms with Crippen LogP contribution in [0.25, 0.3) is 6.08 Å². The number of imide groups is 1. The number of ether oxygens (including phenoxy) is 2. The van der Waals surface area contributed by atoms with Gasteiger partial charge in [-0.3, -0.25) is 19.3 Å². The molecule has 184 valence electrons. The Balaban J connectivity index is 1.38. The molecular formula is C26H27FN2O5S. The molecule has 2 aromatic carbocycles. The topological polar surface area (TPSA) is 84.9 Å². The standard InChI is InChI=1S/C26H27FN2O5S/c1-33-22-13-18(7-12-21(22)34-16-24(30)28-20-10-8-19(27)9-11-20)14-23-25(31)29(26(32)35-23)15-17-5-3-2-4-6-17/h7-14,17H,2-6,15-16H2,1H3,(H,28,30)/b23-14+. The minimum absolute atomic E-state index is 0.231. The van der Waals surface area contributed by atoms with Crippen LogP contribution in [0.4, 0.5) is 14.9 Å². The first-order chi connectivity index (χ1) is 16.9. The van der Waals surface area contributed by atoms with E-state index in [1.165, 1.54) is 42.7 Å². The molecule has 1 heterocycles. The molecule has 1 saturated carbocycles. The lowest BCUT2D eigenvalue weighted by atomic mass is 9.89. The van der Waals surface area contributed by atoms with Crippen molar-refractivity contribution in [2.45, 2.75) is 32.1 Å². The largest absolute Gasteiger partial charge is 0.493 e. The summed E-state index contributed by atoms with van der Waals surface area (Å²) in [6.07, 6.45) is 7.30. The lowest BCUT2D eigenvalue weighted by molar-refractivity contribution is -0.123. The van der Waals surface area contributed by atoms with Crippen LogP contribution in [0.5, 0.6) is 11.5 Å². The first-order valence-corrected chi connectivity index (χ1v) is 12.4. The summed E-state index contributed by atoms with van der Waals surface area (Å²) in [5.74, 6) is 0.0576. The third-order valence-electron chi connectivity index (χ3n) is 6.01. The molecule has 4 rings (SSSR count). The molecule has 1 N–H and O–H groups in total. The summed E-state index contributed by atoms with van der Waals surface area (Å²) in [5.41, 5.74) is 1.13. The zero-order valence-corrected chi connectivity index (χ0v) is 20.2. The van der Waals surface area contributed by atoms with Crippen LogP contribution < -0.4 is 14.8 Å². The molecule has 0 spiro atoms. The maximum Gasteiger partial charge on any atom is 0.293 e. The average Bonchev–Trinajstić information content (AvgIpc) is 3.12. The Kier molecular flexibility index (Phi) is 8.07. The molecule has 0 atom stereocenters. The van der Waals surface area contributed by atoms with E-state index in [-0.39, 0.29) is 17.8 Å². The summed E-state index contributed by atoms with van der Waals surface area (Å²) in [6.45, 7) is 0.214. The maximum atomic E-state index is 13.0. The second-order valence-corrected chi connectivity index (χ2v) is 9.54. The van der Waals surface area contributed by atoms with Gasteiger partial charge in [0.25, 0.3) is 17.1 Å². The van der Waals surface area contributed by atoms with E-state index in [0.717, 1.165) is 37.4 Å². The number of halogens is 1. The van der Waals surface area contributed by atoms with E-state index in [9.17, 15) is 18.8 Å². The zero-order valence-electron chi connectivity index (χ0n) is 19.4. The summed E-state index contributed by atoms with van der Waals surface area (Å²) in [5, 5.41) is 2.39. The lowest BCUT2D eigenvalue weighted by Crippen LogP contribution is -2.34. The number of carbonyl (C=O) groups excluding carboxylic acids is 3. The van der Waals surface area contributed by atoms with E-state index in [1.807, 2.05) is 0 Å². The van der Waals surface area contributed by atoms with Gasteiger partial charge >= 0.3 is 0 Å². The number of hydrogen-bond acceptors (Lipinski definition) is 6. The molecule has 0 unspecified atom stereocenters. The molecule has 0 radical (unpaired) electrons. The fourth-order valence-corrected chi connectivity index (χ4v) is 5.05. The van der Waals surface area contributed by atoms with Crippen molar-refractivity contribution in [3.63, 3.8) is 0 Å². The predicted molar refractivity (Wildman–Crippen MR) is 133 cm³/mol.